The number of unbranched alkanes of at least 4 members (excludes halogenated alkanes) is 6. The van der Waals surface area contributed by atoms with Crippen molar-refractivity contribution in [2.75, 3.05) is 6.61 Å². The van der Waals surface area contributed by atoms with Crippen molar-refractivity contribution in [2.45, 2.75) is 120 Å². The first-order valence-electron chi connectivity index (χ1n) is 12.5. The number of nitrogens with one attached hydrogen (secondary N) is 1. The number of esters is 1. The Kier molecular flexibility index (Phi) is 13.4. The summed E-state index contributed by atoms with van der Waals surface area (Å²) in [4.78, 5) is 24.1. The molecule has 0 aromatic rings. The van der Waals surface area contributed by atoms with Crippen LogP contribution in [0.1, 0.15) is 72.1 Å². The molecule has 1 unspecified atom stereocenters. The summed E-state index contributed by atoms with van der Waals surface area (Å²) in [6.07, 6.45) is -3.29. The summed E-state index contributed by atoms with van der Waals surface area (Å²) < 4.78 is 205. The summed E-state index contributed by atoms with van der Waals surface area (Å²) in [6, 6.07) is -2.30. The third kappa shape index (κ3) is 8.08. The van der Waals surface area contributed by atoms with E-state index in [1.165, 1.54) is 13.8 Å². The molecule has 0 aliphatic rings. The molecule has 1 atom stereocenters. The van der Waals surface area contributed by atoms with Gasteiger partial charge in [-0.3, -0.25) is 4.79 Å². The number of rotatable bonds is 18. The molecule has 1 N–H and O–H groups in total. The van der Waals surface area contributed by atoms with E-state index in [4.69, 9.17) is 4.74 Å². The summed E-state index contributed by atoms with van der Waals surface area (Å²) in [6.45, 7) is 4.17. The van der Waals surface area contributed by atoms with Crippen LogP contribution in [0, 0.1) is 5.92 Å². The van der Waals surface area contributed by atoms with Gasteiger partial charge in [-0.05, 0) is 18.8 Å². The van der Waals surface area contributed by atoms with Gasteiger partial charge >= 0.3 is 47.7 Å². The van der Waals surface area contributed by atoms with Gasteiger partial charge in [-0.25, -0.2) is 4.79 Å². The highest BCUT2D eigenvalue weighted by Gasteiger charge is 2.94. The Bertz CT molecular complexity index is 889. The zero-order valence-corrected chi connectivity index (χ0v) is 22.4. The van der Waals surface area contributed by atoms with Gasteiger partial charge in [-0.2, -0.15) is 65.9 Å². The van der Waals surface area contributed by atoms with Gasteiger partial charge < -0.3 is 10.1 Å². The first-order valence-corrected chi connectivity index (χ1v) is 12.5. The van der Waals surface area contributed by atoms with Crippen LogP contribution in [0.15, 0.2) is 0 Å². The second-order valence-corrected chi connectivity index (χ2v) is 9.89. The maximum absolute atomic E-state index is 14.2. The summed E-state index contributed by atoms with van der Waals surface area (Å²) >= 11 is 0. The van der Waals surface area contributed by atoms with Gasteiger partial charge in [0.2, 0.25) is 0 Å². The lowest BCUT2D eigenvalue weighted by Crippen LogP contribution is -2.74. The summed E-state index contributed by atoms with van der Waals surface area (Å²) in [7, 11) is 0. The monoisotopic (exact) mass is 653 g/mol. The predicted molar refractivity (Wildman–Crippen MR) is 116 cm³/mol. The Morgan fingerprint density at radius 3 is 1.45 bits per heavy atom. The van der Waals surface area contributed by atoms with Gasteiger partial charge in [0, 0.05) is 0 Å². The molecule has 250 valence electrons. The van der Waals surface area contributed by atoms with Crippen LogP contribution < -0.4 is 5.32 Å². The van der Waals surface area contributed by atoms with Crippen molar-refractivity contribution in [3.63, 3.8) is 0 Å². The zero-order chi connectivity index (χ0) is 33.6. The minimum absolute atomic E-state index is 0.215. The predicted octanol–water partition coefficient (Wildman–Crippen LogP) is 8.19. The Morgan fingerprint density at radius 2 is 1.02 bits per heavy atom. The fraction of sp³-hybridized carbons (Fsp3) is 0.913. The Labute approximate surface area is 230 Å². The number of hydrogen-bond donors (Lipinski definition) is 1. The van der Waals surface area contributed by atoms with E-state index in [0.29, 0.717) is 12.8 Å². The molecule has 0 aromatic carbocycles. The fourth-order valence-corrected chi connectivity index (χ4v) is 3.38. The number of ether oxygens (including phenoxy) is 1. The minimum Gasteiger partial charge on any atom is -0.464 e. The SMILES string of the molecule is CCCCCCCCCOC(=O)C(CC(C)C)NC(=O)C(F)(F)C(F)(F)C(F)(F)C(F)(F)C(F)(F)C(F)(F)C(F)(F)F. The Hall–Kier alpha value is -2.11. The molecule has 0 bridgehead atoms. The summed E-state index contributed by atoms with van der Waals surface area (Å²) in [5.74, 6) is -54.6. The van der Waals surface area contributed by atoms with E-state index < -0.39 is 72.0 Å². The number of carbonyl (C=O) groups is 2. The van der Waals surface area contributed by atoms with Gasteiger partial charge in [0.1, 0.15) is 6.04 Å². The van der Waals surface area contributed by atoms with E-state index in [-0.39, 0.29) is 13.0 Å². The van der Waals surface area contributed by atoms with Crippen molar-refractivity contribution < 1.29 is 80.2 Å². The molecule has 4 nitrogen and oxygen atoms in total. The number of amides is 1. The lowest BCUT2D eigenvalue weighted by molar-refractivity contribution is -0.449. The molecular weight excluding hydrogens is 623 g/mol. The molecule has 1 amide bonds. The standard InChI is InChI=1S/C23H30F15NO3/c1-4-5-6-7-8-9-10-11-42-15(40)14(12-13(2)3)39-16(41)17(24,25)18(26,27)19(28,29)20(30,31)21(32,33)22(34,35)23(36,37)38/h13-14H,4-12H2,1-3H3,(H,39,41). The number of carbonyl (C=O) groups excluding carboxylic acids is 2. The molecular formula is C23H30F15NO3. The largest absolute Gasteiger partial charge is 0.464 e. The van der Waals surface area contributed by atoms with Crippen molar-refractivity contribution >= 4 is 11.9 Å². The molecule has 0 aromatic heterocycles. The lowest BCUT2D eigenvalue weighted by Gasteiger charge is -2.41. The van der Waals surface area contributed by atoms with Crippen LogP contribution in [-0.4, -0.2) is 66.2 Å². The second kappa shape index (κ2) is 14.1. The average molecular weight is 653 g/mol. The van der Waals surface area contributed by atoms with Crippen LogP contribution in [0.3, 0.4) is 0 Å². The normalized spacial score (nSPS) is 15.1. The van der Waals surface area contributed by atoms with Gasteiger partial charge in [-0.15, -0.1) is 0 Å². The Balaban J connectivity index is 5.95. The number of halogens is 15. The zero-order valence-electron chi connectivity index (χ0n) is 22.4. The van der Waals surface area contributed by atoms with Crippen molar-refractivity contribution in [2.24, 2.45) is 5.92 Å². The molecule has 19 heteroatoms. The van der Waals surface area contributed by atoms with E-state index in [0.717, 1.165) is 31.0 Å². The van der Waals surface area contributed by atoms with Crippen LogP contribution in [0.25, 0.3) is 0 Å². The number of hydrogen-bond acceptors (Lipinski definition) is 3. The first kappa shape index (κ1) is 39.9. The van der Waals surface area contributed by atoms with Crippen LogP contribution in [0.5, 0.6) is 0 Å². The van der Waals surface area contributed by atoms with Gasteiger partial charge in [0.15, 0.2) is 0 Å². The van der Waals surface area contributed by atoms with Crippen LogP contribution in [-0.2, 0) is 14.3 Å². The first-order chi connectivity index (χ1) is 18.7. The van der Waals surface area contributed by atoms with Crippen LogP contribution >= 0.6 is 0 Å². The quantitative estimate of drug-likeness (QED) is 0.0923. The molecule has 0 rings (SSSR count). The Morgan fingerprint density at radius 1 is 0.619 bits per heavy atom. The topological polar surface area (TPSA) is 55.4 Å². The molecule has 0 spiro atoms. The van der Waals surface area contributed by atoms with Crippen molar-refractivity contribution in [3.05, 3.63) is 0 Å². The molecule has 0 aliphatic heterocycles. The van der Waals surface area contributed by atoms with E-state index in [1.54, 1.807) is 0 Å². The third-order valence-electron chi connectivity index (χ3n) is 5.90. The minimum atomic E-state index is -8.51. The summed E-state index contributed by atoms with van der Waals surface area (Å²) in [5, 5.41) is 0.849. The average Bonchev–Trinajstić information content (AvgIpc) is 2.83. The molecule has 0 saturated heterocycles. The number of alkyl halides is 15. The lowest BCUT2D eigenvalue weighted by atomic mass is 9.90. The molecule has 0 fully saturated rings. The molecule has 0 radical (unpaired) electrons. The van der Waals surface area contributed by atoms with E-state index in [1.807, 2.05) is 6.92 Å². The smallest absolute Gasteiger partial charge is 0.460 e. The van der Waals surface area contributed by atoms with Gasteiger partial charge in [-0.1, -0.05) is 59.3 Å². The van der Waals surface area contributed by atoms with Crippen molar-refractivity contribution in [1.29, 1.82) is 0 Å². The van der Waals surface area contributed by atoms with Gasteiger partial charge in [0.25, 0.3) is 5.91 Å². The third-order valence-corrected chi connectivity index (χ3v) is 5.90. The van der Waals surface area contributed by atoms with Crippen molar-refractivity contribution in [3.8, 4) is 0 Å². The van der Waals surface area contributed by atoms with Crippen LogP contribution in [0.2, 0.25) is 0 Å². The molecule has 0 heterocycles. The van der Waals surface area contributed by atoms with Crippen LogP contribution in [0.4, 0.5) is 65.9 Å². The van der Waals surface area contributed by atoms with Crippen molar-refractivity contribution in [1.82, 2.24) is 5.32 Å². The van der Waals surface area contributed by atoms with E-state index in [2.05, 4.69) is 0 Å². The maximum Gasteiger partial charge on any atom is 0.460 e. The van der Waals surface area contributed by atoms with Gasteiger partial charge in [0.05, 0.1) is 6.61 Å². The maximum atomic E-state index is 14.2. The summed E-state index contributed by atoms with van der Waals surface area (Å²) in [5.41, 5.74) is 0. The second-order valence-electron chi connectivity index (χ2n) is 9.89. The highest BCUT2D eigenvalue weighted by molar-refractivity contribution is 5.89. The fourth-order valence-electron chi connectivity index (χ4n) is 3.38. The molecule has 0 aliphatic carbocycles. The molecule has 0 saturated carbocycles. The van der Waals surface area contributed by atoms with E-state index in [9.17, 15) is 75.4 Å². The highest BCUT2D eigenvalue weighted by Crippen LogP contribution is 2.62. The highest BCUT2D eigenvalue weighted by atomic mass is 19.4. The molecule has 42 heavy (non-hydrogen) atoms. The van der Waals surface area contributed by atoms with E-state index >= 15 is 0 Å².